The molecule has 11 nitrogen and oxygen atoms in total. The molecule has 0 amide bonds. The number of aromatic amines is 1. The second-order valence-corrected chi connectivity index (χ2v) is 11.4. The second-order valence-electron chi connectivity index (χ2n) is 11.0. The van der Waals surface area contributed by atoms with E-state index in [4.69, 9.17) is 26.1 Å². The van der Waals surface area contributed by atoms with Gasteiger partial charge in [-0.3, -0.25) is 9.88 Å². The van der Waals surface area contributed by atoms with Crippen molar-refractivity contribution < 1.29 is 27.0 Å². The first kappa shape index (κ1) is 30.0. The number of nitriles is 1. The third kappa shape index (κ3) is 5.86. The van der Waals surface area contributed by atoms with Crippen LogP contribution in [0.25, 0.3) is 22.6 Å². The number of nitrogens with one attached hydrogen (secondary N) is 1. The number of ether oxygens (including phenoxy) is 2. The van der Waals surface area contributed by atoms with Gasteiger partial charge in [0, 0.05) is 24.7 Å². The van der Waals surface area contributed by atoms with Crippen molar-refractivity contribution in [1.82, 2.24) is 39.6 Å². The number of halogens is 5. The van der Waals surface area contributed by atoms with Gasteiger partial charge in [-0.25, -0.2) is 27.5 Å². The molecule has 236 valence electrons. The molecule has 1 saturated heterocycles. The molecule has 46 heavy (non-hydrogen) atoms. The minimum atomic E-state index is -2.79. The van der Waals surface area contributed by atoms with Gasteiger partial charge in [-0.15, -0.1) is 10.2 Å². The first-order valence-electron chi connectivity index (χ1n) is 14.3. The molecule has 1 aromatic carbocycles. The summed E-state index contributed by atoms with van der Waals surface area (Å²) in [5.74, 6) is -1.41. The maximum absolute atomic E-state index is 14.3. The number of imidazole rings is 1. The van der Waals surface area contributed by atoms with Crippen LogP contribution < -0.4 is 4.74 Å². The summed E-state index contributed by atoms with van der Waals surface area (Å²) in [4.78, 5) is 18.5. The summed E-state index contributed by atoms with van der Waals surface area (Å²) in [6, 6.07) is 7.42. The summed E-state index contributed by atoms with van der Waals surface area (Å²) in [6.45, 7) is 2.28. The number of H-pyrrole nitrogens is 1. The number of aromatic nitrogens is 7. The van der Waals surface area contributed by atoms with Gasteiger partial charge in [0.05, 0.1) is 47.7 Å². The van der Waals surface area contributed by atoms with Crippen LogP contribution in [-0.2, 0) is 37.4 Å². The van der Waals surface area contributed by atoms with Crippen LogP contribution in [-0.4, -0.2) is 58.9 Å². The Morgan fingerprint density at radius 2 is 1.96 bits per heavy atom. The monoisotopic (exact) mass is 653 g/mol. The predicted molar refractivity (Wildman–Crippen MR) is 155 cm³/mol. The van der Waals surface area contributed by atoms with Gasteiger partial charge >= 0.3 is 0 Å². The summed E-state index contributed by atoms with van der Waals surface area (Å²) in [7, 11) is 0. The lowest BCUT2D eigenvalue weighted by atomic mass is 10.0. The SMILES string of the molecule is N#Cc1cc2c(nc1OCc1c(F)cc(Cl)cc1F)CN(Cc1nc3cc(-c4nnc(C(F)F)[nH]4)ncc3n1C[C@@H]1CCO1)CC2. The smallest absolute Gasteiger partial charge is 0.297 e. The number of hydrogen-bond acceptors (Lipinski definition) is 9. The highest BCUT2D eigenvalue weighted by Gasteiger charge is 2.26. The van der Waals surface area contributed by atoms with E-state index in [-0.39, 0.29) is 34.0 Å². The van der Waals surface area contributed by atoms with Gasteiger partial charge in [0.2, 0.25) is 5.88 Å². The fourth-order valence-corrected chi connectivity index (χ4v) is 5.71. The van der Waals surface area contributed by atoms with Crippen LogP contribution >= 0.6 is 11.6 Å². The molecule has 0 radical (unpaired) electrons. The zero-order valence-electron chi connectivity index (χ0n) is 24.0. The van der Waals surface area contributed by atoms with Crippen LogP contribution in [0.4, 0.5) is 17.6 Å². The second kappa shape index (κ2) is 12.3. The van der Waals surface area contributed by atoms with E-state index in [1.807, 2.05) is 4.57 Å². The highest BCUT2D eigenvalue weighted by Crippen LogP contribution is 2.29. The first-order chi connectivity index (χ1) is 22.2. The van der Waals surface area contributed by atoms with Crippen LogP contribution in [0.1, 0.15) is 46.9 Å². The Morgan fingerprint density at radius 1 is 1.15 bits per heavy atom. The minimum absolute atomic E-state index is 0.0211. The molecule has 1 atom stereocenters. The van der Waals surface area contributed by atoms with Crippen LogP contribution in [0.15, 0.2) is 30.5 Å². The molecule has 7 rings (SSSR count). The largest absolute Gasteiger partial charge is 0.472 e. The zero-order valence-corrected chi connectivity index (χ0v) is 24.7. The van der Waals surface area contributed by atoms with Crippen LogP contribution in [0.3, 0.4) is 0 Å². The van der Waals surface area contributed by atoms with Gasteiger partial charge in [0.15, 0.2) is 11.6 Å². The summed E-state index contributed by atoms with van der Waals surface area (Å²) < 4.78 is 68.2. The van der Waals surface area contributed by atoms with E-state index in [1.165, 1.54) is 0 Å². The highest BCUT2D eigenvalue weighted by atomic mass is 35.5. The standard InChI is InChI=1S/C30H24ClF4N9O2/c31-17-6-20(32)19(21(33)7-17)14-46-30-16(9-36)5-15-1-3-43(12-24(15)39-30)13-26-38-22-8-23(28-40-29(27(34)35)42-41-28)37-10-25(22)44(26)11-18-2-4-45-18/h5-8,10,18,27H,1-4,11-14H2,(H,40,41,42)/t18-/m0/s1. The normalized spacial score (nSPS) is 16.4. The third-order valence-electron chi connectivity index (χ3n) is 8.02. The lowest BCUT2D eigenvalue weighted by Gasteiger charge is -2.30. The molecule has 1 fully saturated rings. The number of alkyl halides is 2. The lowest BCUT2D eigenvalue weighted by molar-refractivity contribution is -0.0592. The predicted octanol–water partition coefficient (Wildman–Crippen LogP) is 5.28. The number of pyridine rings is 2. The summed E-state index contributed by atoms with van der Waals surface area (Å²) >= 11 is 5.72. The van der Waals surface area contributed by atoms with Crippen molar-refractivity contribution in [3.63, 3.8) is 0 Å². The van der Waals surface area contributed by atoms with Crippen LogP contribution in [0.2, 0.25) is 5.02 Å². The van der Waals surface area contributed by atoms with Gasteiger partial charge in [0.25, 0.3) is 6.43 Å². The molecule has 2 aliphatic rings. The summed E-state index contributed by atoms with van der Waals surface area (Å²) in [6.07, 6.45) is 0.394. The van der Waals surface area contributed by atoms with Crippen molar-refractivity contribution in [2.45, 2.75) is 51.6 Å². The van der Waals surface area contributed by atoms with E-state index in [1.54, 1.807) is 18.3 Å². The van der Waals surface area contributed by atoms with E-state index < -0.39 is 30.5 Å². The molecule has 16 heteroatoms. The van der Waals surface area contributed by atoms with Gasteiger partial charge in [0.1, 0.15) is 41.4 Å². The van der Waals surface area contributed by atoms with Crippen molar-refractivity contribution in [3.8, 4) is 23.5 Å². The molecular weight excluding hydrogens is 630 g/mol. The molecule has 0 unspecified atom stereocenters. The van der Waals surface area contributed by atoms with Crippen molar-refractivity contribution in [1.29, 1.82) is 5.26 Å². The first-order valence-corrected chi connectivity index (χ1v) is 14.7. The van der Waals surface area contributed by atoms with Crippen molar-refractivity contribution in [2.75, 3.05) is 13.2 Å². The summed E-state index contributed by atoms with van der Waals surface area (Å²) in [5.41, 5.74) is 3.10. The Morgan fingerprint density at radius 3 is 2.65 bits per heavy atom. The van der Waals surface area contributed by atoms with Gasteiger partial charge in [-0.2, -0.15) is 5.26 Å². The fraction of sp³-hybridized carbons (Fsp3) is 0.333. The molecule has 0 saturated carbocycles. The van der Waals surface area contributed by atoms with Crippen LogP contribution in [0.5, 0.6) is 5.88 Å². The van der Waals surface area contributed by atoms with Crippen molar-refractivity contribution >= 4 is 22.6 Å². The van der Waals surface area contributed by atoms with Crippen molar-refractivity contribution in [2.24, 2.45) is 0 Å². The molecule has 2 aliphatic heterocycles. The molecular formula is C30H24ClF4N9O2. The Hall–Kier alpha value is -4.65. The number of nitrogens with zero attached hydrogens (tertiary/aromatic N) is 8. The van der Waals surface area contributed by atoms with Gasteiger partial charge in [-0.05, 0) is 42.7 Å². The van der Waals surface area contributed by atoms with Gasteiger partial charge < -0.3 is 19.0 Å². The van der Waals surface area contributed by atoms with E-state index in [9.17, 15) is 22.8 Å². The molecule has 6 heterocycles. The summed E-state index contributed by atoms with van der Waals surface area (Å²) in [5, 5.41) is 16.9. The zero-order chi connectivity index (χ0) is 31.9. The van der Waals surface area contributed by atoms with E-state index >= 15 is 0 Å². The van der Waals surface area contributed by atoms with E-state index in [0.717, 1.165) is 35.5 Å². The topological polar surface area (TPSA) is 131 Å². The van der Waals surface area contributed by atoms with E-state index in [0.29, 0.717) is 56.1 Å². The molecule has 4 aromatic heterocycles. The molecule has 1 N–H and O–H groups in total. The highest BCUT2D eigenvalue weighted by molar-refractivity contribution is 6.30. The molecule has 0 spiro atoms. The Balaban J connectivity index is 1.14. The Kier molecular flexibility index (Phi) is 8.01. The number of benzene rings is 1. The maximum Gasteiger partial charge on any atom is 0.297 e. The Labute approximate surface area is 263 Å². The quantitative estimate of drug-likeness (QED) is 0.211. The minimum Gasteiger partial charge on any atom is -0.472 e. The van der Waals surface area contributed by atoms with Crippen LogP contribution in [0, 0.1) is 23.0 Å². The molecule has 0 aliphatic carbocycles. The number of hydrogen-bond donors (Lipinski definition) is 1. The number of rotatable bonds is 9. The lowest BCUT2D eigenvalue weighted by Crippen LogP contribution is -2.34. The third-order valence-corrected chi connectivity index (χ3v) is 8.24. The average Bonchev–Trinajstić information content (AvgIpc) is 3.63. The van der Waals surface area contributed by atoms with Crippen molar-refractivity contribution in [3.05, 3.63) is 81.2 Å². The van der Waals surface area contributed by atoms with Gasteiger partial charge in [-0.1, -0.05) is 11.6 Å². The fourth-order valence-electron chi connectivity index (χ4n) is 5.52. The number of fused-ring (bicyclic) bond motifs is 2. The average molecular weight is 654 g/mol. The molecule has 5 aromatic rings. The molecule has 0 bridgehead atoms. The Bertz CT molecular complexity index is 1970. The van der Waals surface area contributed by atoms with E-state index in [2.05, 4.69) is 36.1 Å². The maximum atomic E-state index is 14.3.